The number of benzene rings is 1. The molecule has 3 heteroatoms. The molecule has 0 saturated heterocycles. The van der Waals surface area contributed by atoms with Crippen LogP contribution in [-0.4, -0.2) is 30.4 Å². The lowest BCUT2D eigenvalue weighted by Crippen LogP contribution is -2.41. The highest BCUT2D eigenvalue weighted by atomic mass is 16.5. The van der Waals surface area contributed by atoms with Crippen LogP contribution in [0.3, 0.4) is 0 Å². The second-order valence-electron chi connectivity index (χ2n) is 4.32. The van der Waals surface area contributed by atoms with Gasteiger partial charge in [-0.25, -0.2) is 0 Å². The summed E-state index contributed by atoms with van der Waals surface area (Å²) in [6, 6.07) is 8.02. The average molecular weight is 233 g/mol. The largest absolute Gasteiger partial charge is 0.487 e. The zero-order chi connectivity index (χ0) is 12.1. The first-order valence-corrected chi connectivity index (χ1v) is 6.05. The van der Waals surface area contributed by atoms with Gasteiger partial charge in [0.15, 0.2) is 0 Å². The van der Waals surface area contributed by atoms with E-state index in [1.807, 2.05) is 18.2 Å². The van der Waals surface area contributed by atoms with E-state index in [-0.39, 0.29) is 6.10 Å². The van der Waals surface area contributed by atoms with Crippen LogP contribution in [0.4, 0.5) is 0 Å². The van der Waals surface area contributed by atoms with Crippen molar-refractivity contribution >= 4 is 0 Å². The van der Waals surface area contributed by atoms with Gasteiger partial charge in [0.05, 0.1) is 0 Å². The van der Waals surface area contributed by atoms with E-state index in [1.54, 1.807) is 6.08 Å². The number of rotatable bonds is 5. The van der Waals surface area contributed by atoms with Crippen LogP contribution in [0.25, 0.3) is 0 Å². The summed E-state index contributed by atoms with van der Waals surface area (Å²) in [4.78, 5) is 0. The van der Waals surface area contributed by atoms with E-state index in [2.05, 4.69) is 18.0 Å². The van der Waals surface area contributed by atoms with Gasteiger partial charge in [-0.2, -0.15) is 0 Å². The smallest absolute Gasteiger partial charge is 0.126 e. The molecule has 0 bridgehead atoms. The highest BCUT2D eigenvalue weighted by Crippen LogP contribution is 2.28. The van der Waals surface area contributed by atoms with Gasteiger partial charge < -0.3 is 15.2 Å². The highest BCUT2D eigenvalue weighted by Gasteiger charge is 2.25. The predicted molar refractivity (Wildman–Crippen MR) is 68.3 cm³/mol. The molecule has 1 aromatic carbocycles. The van der Waals surface area contributed by atoms with E-state index in [9.17, 15) is 5.11 Å². The molecule has 2 N–H and O–H groups in total. The van der Waals surface area contributed by atoms with Crippen molar-refractivity contribution in [1.29, 1.82) is 0 Å². The number of hydrogen-bond donors (Lipinski definition) is 2. The van der Waals surface area contributed by atoms with E-state index in [4.69, 9.17) is 4.74 Å². The molecule has 1 aromatic rings. The van der Waals surface area contributed by atoms with Crippen LogP contribution in [0.5, 0.6) is 5.75 Å². The second-order valence-corrected chi connectivity index (χ2v) is 4.32. The molecule has 0 saturated carbocycles. The number of ether oxygens (including phenoxy) is 1. The second kappa shape index (κ2) is 5.84. The maximum Gasteiger partial charge on any atom is 0.126 e. The third-order valence-electron chi connectivity index (χ3n) is 3.02. The van der Waals surface area contributed by atoms with Crippen molar-refractivity contribution in [2.45, 2.75) is 25.0 Å². The molecule has 0 aromatic heterocycles. The number of fused-ring (bicyclic) bond motifs is 1. The summed E-state index contributed by atoms with van der Waals surface area (Å²) in [5.74, 6) is 0.909. The van der Waals surface area contributed by atoms with Gasteiger partial charge in [-0.05, 0) is 24.5 Å². The SMILES string of the molecule is C=CCNC[C@@H](O)[C@H]1CCc2ccccc2O1. The third-order valence-corrected chi connectivity index (χ3v) is 3.02. The highest BCUT2D eigenvalue weighted by molar-refractivity contribution is 5.35. The first kappa shape index (κ1) is 12.1. The number of aliphatic hydroxyl groups excluding tert-OH is 1. The van der Waals surface area contributed by atoms with Crippen LogP contribution in [0.2, 0.25) is 0 Å². The fraction of sp³-hybridized carbons (Fsp3) is 0.429. The molecule has 0 unspecified atom stereocenters. The first-order valence-electron chi connectivity index (χ1n) is 6.05. The number of nitrogens with one attached hydrogen (secondary N) is 1. The zero-order valence-corrected chi connectivity index (χ0v) is 9.93. The topological polar surface area (TPSA) is 41.5 Å². The molecule has 3 nitrogen and oxygen atoms in total. The summed E-state index contributed by atoms with van der Waals surface area (Å²) in [6.07, 6.45) is 3.04. The summed E-state index contributed by atoms with van der Waals surface area (Å²) >= 11 is 0. The summed E-state index contributed by atoms with van der Waals surface area (Å²) in [6.45, 7) is 4.87. The molecule has 2 atom stereocenters. The predicted octanol–water partition coefficient (Wildman–Crippen LogP) is 1.52. The molecular formula is C14H19NO2. The number of aliphatic hydroxyl groups is 1. The quantitative estimate of drug-likeness (QED) is 0.598. The average Bonchev–Trinajstić information content (AvgIpc) is 2.38. The normalized spacial score (nSPS) is 20.2. The van der Waals surface area contributed by atoms with E-state index in [0.29, 0.717) is 13.1 Å². The maximum atomic E-state index is 10.0. The Kier molecular flexibility index (Phi) is 4.18. The van der Waals surface area contributed by atoms with E-state index < -0.39 is 6.10 Å². The molecule has 2 rings (SSSR count). The van der Waals surface area contributed by atoms with Crippen LogP contribution in [-0.2, 0) is 6.42 Å². The van der Waals surface area contributed by atoms with Gasteiger partial charge in [0.2, 0.25) is 0 Å². The third kappa shape index (κ3) is 3.08. The fourth-order valence-corrected chi connectivity index (χ4v) is 2.08. The molecule has 1 heterocycles. The molecule has 0 radical (unpaired) electrons. The summed E-state index contributed by atoms with van der Waals surface area (Å²) in [7, 11) is 0. The molecule has 92 valence electrons. The van der Waals surface area contributed by atoms with Crippen LogP contribution >= 0.6 is 0 Å². The monoisotopic (exact) mass is 233 g/mol. The van der Waals surface area contributed by atoms with Crippen LogP contribution in [0, 0.1) is 0 Å². The molecule has 0 fully saturated rings. The van der Waals surface area contributed by atoms with Gasteiger partial charge in [-0.3, -0.25) is 0 Å². The van der Waals surface area contributed by atoms with E-state index >= 15 is 0 Å². The molecular weight excluding hydrogens is 214 g/mol. The van der Waals surface area contributed by atoms with Gasteiger partial charge in [0.1, 0.15) is 18.0 Å². The Morgan fingerprint density at radius 2 is 2.35 bits per heavy atom. The lowest BCUT2D eigenvalue weighted by atomic mass is 9.99. The van der Waals surface area contributed by atoms with Gasteiger partial charge in [0, 0.05) is 13.1 Å². The molecule has 0 amide bonds. The Morgan fingerprint density at radius 3 is 3.18 bits per heavy atom. The van der Waals surface area contributed by atoms with Crippen molar-refractivity contribution in [2.75, 3.05) is 13.1 Å². The first-order chi connectivity index (χ1) is 8.31. The number of hydrogen-bond acceptors (Lipinski definition) is 3. The van der Waals surface area contributed by atoms with Crippen molar-refractivity contribution in [3.8, 4) is 5.75 Å². The molecule has 1 aliphatic rings. The lowest BCUT2D eigenvalue weighted by Gasteiger charge is -2.29. The van der Waals surface area contributed by atoms with Crippen LogP contribution in [0.15, 0.2) is 36.9 Å². The number of para-hydroxylation sites is 1. The zero-order valence-electron chi connectivity index (χ0n) is 9.93. The van der Waals surface area contributed by atoms with Crippen LogP contribution in [0.1, 0.15) is 12.0 Å². The Hall–Kier alpha value is -1.32. The van der Waals surface area contributed by atoms with Crippen molar-refractivity contribution in [3.05, 3.63) is 42.5 Å². The van der Waals surface area contributed by atoms with Gasteiger partial charge in [-0.1, -0.05) is 24.3 Å². The van der Waals surface area contributed by atoms with Gasteiger partial charge in [0.25, 0.3) is 0 Å². The fourth-order valence-electron chi connectivity index (χ4n) is 2.08. The summed E-state index contributed by atoms with van der Waals surface area (Å²) in [5, 5.41) is 13.1. The minimum absolute atomic E-state index is 0.109. The van der Waals surface area contributed by atoms with E-state index in [1.165, 1.54) is 5.56 Å². The Bertz CT molecular complexity index is 378. The Morgan fingerprint density at radius 1 is 1.53 bits per heavy atom. The minimum Gasteiger partial charge on any atom is -0.487 e. The summed E-state index contributed by atoms with van der Waals surface area (Å²) in [5.41, 5.74) is 1.23. The van der Waals surface area contributed by atoms with Gasteiger partial charge >= 0.3 is 0 Å². The standard InChI is InChI=1S/C14H19NO2/c1-2-9-15-10-12(16)14-8-7-11-5-3-4-6-13(11)17-14/h2-6,12,14-16H,1,7-10H2/t12-,14-/m1/s1. The molecule has 17 heavy (non-hydrogen) atoms. The maximum absolute atomic E-state index is 10.0. The van der Waals surface area contributed by atoms with Crippen molar-refractivity contribution in [1.82, 2.24) is 5.32 Å². The van der Waals surface area contributed by atoms with Crippen molar-refractivity contribution in [3.63, 3.8) is 0 Å². The molecule has 1 aliphatic heterocycles. The van der Waals surface area contributed by atoms with Crippen LogP contribution < -0.4 is 10.1 Å². The van der Waals surface area contributed by atoms with Crippen molar-refractivity contribution < 1.29 is 9.84 Å². The minimum atomic E-state index is -0.469. The van der Waals surface area contributed by atoms with Crippen molar-refractivity contribution in [2.24, 2.45) is 0 Å². The van der Waals surface area contributed by atoms with E-state index in [0.717, 1.165) is 18.6 Å². The molecule has 0 aliphatic carbocycles. The Balaban J connectivity index is 1.90. The Labute approximate surface area is 102 Å². The lowest BCUT2D eigenvalue weighted by molar-refractivity contribution is 0.0251. The summed E-state index contributed by atoms with van der Waals surface area (Å²) < 4.78 is 5.81. The van der Waals surface area contributed by atoms with Gasteiger partial charge in [-0.15, -0.1) is 6.58 Å². The number of aryl methyl sites for hydroxylation is 1. The molecule has 0 spiro atoms.